The highest BCUT2D eigenvalue weighted by Gasteiger charge is 2.69. The van der Waals surface area contributed by atoms with E-state index in [0.717, 1.165) is 19.3 Å². The number of likely N-dealkylation sites (tertiary alicyclic amines) is 1. The second kappa shape index (κ2) is 11.3. The second-order valence-corrected chi connectivity index (χ2v) is 13.2. The van der Waals surface area contributed by atoms with E-state index in [4.69, 9.17) is 5.73 Å². The molecule has 0 bridgehead atoms. The maximum Gasteiger partial charge on any atom is 0.316 e. The van der Waals surface area contributed by atoms with E-state index in [-0.39, 0.29) is 29.0 Å². The number of benzene rings is 1. The number of urea groups is 1. The van der Waals surface area contributed by atoms with Crippen molar-refractivity contribution in [3.05, 3.63) is 35.9 Å². The summed E-state index contributed by atoms with van der Waals surface area (Å²) in [5.74, 6) is -3.25. The number of nitrogens with zero attached hydrogens (tertiary/aromatic N) is 1. The summed E-state index contributed by atoms with van der Waals surface area (Å²) in [6.45, 7) is 9.27. The molecular weight excluding hydrogens is 526 g/mol. The second-order valence-electron chi connectivity index (χ2n) is 13.2. The van der Waals surface area contributed by atoms with E-state index in [9.17, 15) is 28.8 Å². The summed E-state index contributed by atoms with van der Waals surface area (Å²) in [6, 6.07) is 5.60. The number of amides is 5. The van der Waals surface area contributed by atoms with Crippen molar-refractivity contribution in [2.24, 2.45) is 34.3 Å². The Balaban J connectivity index is 1.50. The van der Waals surface area contributed by atoms with Gasteiger partial charge in [0.2, 0.25) is 17.6 Å². The number of fused-ring (bicyclic) bond motifs is 1. The van der Waals surface area contributed by atoms with E-state index in [1.54, 1.807) is 24.3 Å². The fourth-order valence-electron chi connectivity index (χ4n) is 6.25. The molecule has 3 aliphatic rings. The van der Waals surface area contributed by atoms with Gasteiger partial charge in [-0.2, -0.15) is 0 Å². The zero-order valence-corrected chi connectivity index (χ0v) is 24.4. The SMILES string of the molecule is CC(C)(C)[C@H](NC(=O)N[C@H](C(=O)c1ccccc1)C1CCC1)C(=O)N1C[C@H]2[C@@H]([C@H]1C(=O)NCC(=O)C(N)=O)C2(C)C. The van der Waals surface area contributed by atoms with Gasteiger partial charge in [-0.3, -0.25) is 24.0 Å². The minimum atomic E-state index is -1.15. The minimum absolute atomic E-state index is 0.0151. The van der Waals surface area contributed by atoms with Gasteiger partial charge in [-0.15, -0.1) is 0 Å². The minimum Gasteiger partial charge on any atom is -0.363 e. The van der Waals surface area contributed by atoms with Crippen LogP contribution >= 0.6 is 0 Å². The number of hydrogen-bond donors (Lipinski definition) is 4. The molecule has 4 rings (SSSR count). The molecule has 5 atom stereocenters. The van der Waals surface area contributed by atoms with Gasteiger partial charge in [0.1, 0.15) is 12.1 Å². The molecule has 0 spiro atoms. The van der Waals surface area contributed by atoms with Crippen LogP contribution in [0.5, 0.6) is 0 Å². The van der Waals surface area contributed by atoms with Crippen molar-refractivity contribution < 1.29 is 28.8 Å². The number of carbonyl (C=O) groups excluding carboxylic acids is 6. The van der Waals surface area contributed by atoms with Crippen LogP contribution < -0.4 is 21.7 Å². The number of primary amides is 1. The molecule has 1 aliphatic heterocycles. The van der Waals surface area contributed by atoms with Gasteiger partial charge in [-0.25, -0.2) is 4.79 Å². The molecule has 1 aromatic carbocycles. The molecule has 2 saturated carbocycles. The van der Waals surface area contributed by atoms with Crippen molar-refractivity contribution in [1.29, 1.82) is 0 Å². The summed E-state index contributed by atoms with van der Waals surface area (Å²) in [5.41, 5.74) is 4.61. The smallest absolute Gasteiger partial charge is 0.316 e. The molecule has 3 fully saturated rings. The van der Waals surface area contributed by atoms with Crippen LogP contribution in [0.2, 0.25) is 0 Å². The average molecular weight is 568 g/mol. The van der Waals surface area contributed by atoms with Gasteiger partial charge >= 0.3 is 6.03 Å². The van der Waals surface area contributed by atoms with Gasteiger partial charge in [-0.05, 0) is 41.4 Å². The van der Waals surface area contributed by atoms with Crippen LogP contribution in [-0.4, -0.2) is 71.4 Å². The maximum atomic E-state index is 14.0. The molecule has 1 aromatic rings. The van der Waals surface area contributed by atoms with Crippen LogP contribution in [0.3, 0.4) is 0 Å². The van der Waals surface area contributed by atoms with Crippen molar-refractivity contribution in [1.82, 2.24) is 20.9 Å². The van der Waals surface area contributed by atoms with Gasteiger partial charge in [0.05, 0.1) is 12.6 Å². The number of carbonyl (C=O) groups is 6. The normalized spacial score (nSPS) is 24.2. The first-order chi connectivity index (χ1) is 19.1. The Labute approximate surface area is 240 Å². The summed E-state index contributed by atoms with van der Waals surface area (Å²) in [6.07, 6.45) is 2.64. The van der Waals surface area contributed by atoms with Gasteiger partial charge in [0.15, 0.2) is 5.78 Å². The predicted octanol–water partition coefficient (Wildman–Crippen LogP) is 1.41. The molecule has 0 aromatic heterocycles. The Morgan fingerprint density at radius 1 is 1.02 bits per heavy atom. The zero-order valence-electron chi connectivity index (χ0n) is 24.4. The van der Waals surface area contributed by atoms with E-state index in [2.05, 4.69) is 16.0 Å². The van der Waals surface area contributed by atoms with Crippen LogP contribution in [0.1, 0.15) is 64.2 Å². The molecule has 222 valence electrons. The summed E-state index contributed by atoms with van der Waals surface area (Å²) < 4.78 is 0. The predicted molar refractivity (Wildman–Crippen MR) is 150 cm³/mol. The Morgan fingerprint density at radius 2 is 1.66 bits per heavy atom. The van der Waals surface area contributed by atoms with Crippen molar-refractivity contribution in [3.8, 4) is 0 Å². The molecule has 2 aliphatic carbocycles. The van der Waals surface area contributed by atoms with E-state index < -0.39 is 59.6 Å². The molecule has 5 N–H and O–H groups in total. The molecule has 0 unspecified atom stereocenters. The Kier molecular flexibility index (Phi) is 8.29. The van der Waals surface area contributed by atoms with E-state index in [1.807, 2.05) is 40.7 Å². The van der Waals surface area contributed by atoms with Crippen molar-refractivity contribution in [2.75, 3.05) is 13.1 Å². The maximum absolute atomic E-state index is 14.0. The highest BCUT2D eigenvalue weighted by atomic mass is 16.2. The number of rotatable bonds is 10. The molecule has 1 heterocycles. The third-order valence-electron chi connectivity index (χ3n) is 9.10. The summed E-state index contributed by atoms with van der Waals surface area (Å²) in [5, 5.41) is 8.11. The summed E-state index contributed by atoms with van der Waals surface area (Å²) in [7, 11) is 0. The van der Waals surface area contributed by atoms with Gasteiger partial charge in [0.25, 0.3) is 5.91 Å². The van der Waals surface area contributed by atoms with Gasteiger partial charge in [-0.1, -0.05) is 71.4 Å². The largest absolute Gasteiger partial charge is 0.363 e. The lowest BCUT2D eigenvalue weighted by atomic mass is 9.77. The lowest BCUT2D eigenvalue weighted by Crippen LogP contribution is -2.62. The van der Waals surface area contributed by atoms with E-state index in [1.165, 1.54) is 4.90 Å². The van der Waals surface area contributed by atoms with Crippen LogP contribution in [0, 0.1) is 28.6 Å². The fraction of sp³-hybridized carbons (Fsp3) is 0.600. The van der Waals surface area contributed by atoms with Gasteiger partial charge in [0, 0.05) is 12.1 Å². The van der Waals surface area contributed by atoms with Crippen LogP contribution in [0.25, 0.3) is 0 Å². The Hall–Kier alpha value is -3.76. The van der Waals surface area contributed by atoms with Crippen molar-refractivity contribution in [3.63, 3.8) is 0 Å². The number of piperidine rings is 1. The molecule has 1 saturated heterocycles. The van der Waals surface area contributed by atoms with Gasteiger partial charge < -0.3 is 26.6 Å². The highest BCUT2D eigenvalue weighted by Crippen LogP contribution is 2.65. The molecule has 0 radical (unpaired) electrons. The lowest BCUT2D eigenvalue weighted by Gasteiger charge is -2.38. The van der Waals surface area contributed by atoms with Crippen molar-refractivity contribution >= 4 is 35.3 Å². The summed E-state index contributed by atoms with van der Waals surface area (Å²) >= 11 is 0. The average Bonchev–Trinajstić information content (AvgIpc) is 3.20. The Bertz CT molecular complexity index is 1240. The van der Waals surface area contributed by atoms with Crippen LogP contribution in [0.15, 0.2) is 30.3 Å². The highest BCUT2D eigenvalue weighted by molar-refractivity contribution is 6.36. The van der Waals surface area contributed by atoms with E-state index >= 15 is 0 Å². The third-order valence-corrected chi connectivity index (χ3v) is 9.10. The zero-order chi connectivity index (χ0) is 30.3. The van der Waals surface area contributed by atoms with Crippen molar-refractivity contribution in [2.45, 2.75) is 72.0 Å². The number of nitrogens with one attached hydrogen (secondary N) is 3. The lowest BCUT2D eigenvalue weighted by molar-refractivity contribution is -0.144. The summed E-state index contributed by atoms with van der Waals surface area (Å²) in [4.78, 5) is 78.2. The molecule has 41 heavy (non-hydrogen) atoms. The number of hydrogen-bond acceptors (Lipinski definition) is 6. The molecule has 11 heteroatoms. The van der Waals surface area contributed by atoms with Crippen LogP contribution in [-0.2, 0) is 19.2 Å². The number of nitrogens with two attached hydrogens (primary N) is 1. The third kappa shape index (κ3) is 6.13. The van der Waals surface area contributed by atoms with Crippen LogP contribution in [0.4, 0.5) is 4.79 Å². The molecule has 5 amide bonds. The first-order valence-corrected chi connectivity index (χ1v) is 14.2. The first-order valence-electron chi connectivity index (χ1n) is 14.2. The Morgan fingerprint density at radius 3 is 2.20 bits per heavy atom. The quantitative estimate of drug-likeness (QED) is 0.246. The molecular formula is C30H41N5O6. The monoisotopic (exact) mass is 567 g/mol. The van der Waals surface area contributed by atoms with E-state index in [0.29, 0.717) is 12.1 Å². The standard InChI is InChI=1S/C30H41N5O6/c1-29(2,3)24(34-28(41)33-21(16-12-9-13-16)23(37)17-10-7-6-8-11-17)27(40)35-15-18-20(30(18,4)5)22(35)26(39)32-14-19(36)25(31)38/h6-8,10-11,16,18,20-22,24H,9,12-15H2,1-5H3,(H2,31,38)(H,32,39)(H2,33,34,41)/t18-,20-,21-,22-,24+/m0/s1. The topological polar surface area (TPSA) is 168 Å². The fourth-order valence-corrected chi connectivity index (χ4v) is 6.25. The molecule has 11 nitrogen and oxygen atoms in total. The number of ketones is 2. The first kappa shape index (κ1) is 30.2. The number of Topliss-reactive ketones (excluding diaryl/α,β-unsaturated/α-hetero) is 2.